The lowest BCUT2D eigenvalue weighted by Crippen LogP contribution is -2.47. The molecule has 1 aromatic rings. The Morgan fingerprint density at radius 2 is 1.88 bits per heavy atom. The number of benzene rings is 1. The Morgan fingerprint density at radius 3 is 2.56 bits per heavy atom. The molecule has 0 aromatic heterocycles. The highest BCUT2D eigenvalue weighted by Crippen LogP contribution is 2.32. The van der Waals surface area contributed by atoms with E-state index in [4.69, 9.17) is 12.2 Å². The third-order valence-corrected chi connectivity index (χ3v) is 5.75. The first-order valence-electron chi connectivity index (χ1n) is 8.31. The van der Waals surface area contributed by atoms with E-state index in [9.17, 15) is 9.59 Å². The van der Waals surface area contributed by atoms with Crippen LogP contribution in [-0.2, 0) is 9.59 Å². The van der Waals surface area contributed by atoms with Crippen molar-refractivity contribution in [3.63, 3.8) is 0 Å². The Hall–Kier alpha value is -1.70. The number of amides is 2. The highest BCUT2D eigenvalue weighted by Gasteiger charge is 2.32. The van der Waals surface area contributed by atoms with Crippen molar-refractivity contribution in [1.82, 2.24) is 14.7 Å². The normalized spacial score (nSPS) is 20.6. The van der Waals surface area contributed by atoms with E-state index in [1.54, 1.807) is 4.90 Å². The van der Waals surface area contributed by atoms with Crippen molar-refractivity contribution in [3.8, 4) is 0 Å². The minimum atomic E-state index is -0.106. The Balaban J connectivity index is 1.58. The van der Waals surface area contributed by atoms with Gasteiger partial charge in [0.25, 0.3) is 5.91 Å². The molecule has 0 bridgehead atoms. The molecule has 132 valence electrons. The van der Waals surface area contributed by atoms with Crippen LogP contribution in [0.5, 0.6) is 0 Å². The van der Waals surface area contributed by atoms with Crippen molar-refractivity contribution in [3.05, 3.63) is 40.8 Å². The molecule has 2 aliphatic heterocycles. The van der Waals surface area contributed by atoms with Crippen LogP contribution in [0.2, 0.25) is 0 Å². The molecule has 2 amide bonds. The molecule has 0 saturated carbocycles. The molecule has 7 heteroatoms. The molecule has 0 unspecified atom stereocenters. The van der Waals surface area contributed by atoms with Crippen LogP contribution in [0.15, 0.2) is 35.2 Å². The maximum atomic E-state index is 12.6. The summed E-state index contributed by atoms with van der Waals surface area (Å²) < 4.78 is 0.526. The minimum Gasteiger partial charge on any atom is -0.340 e. The predicted molar refractivity (Wildman–Crippen MR) is 105 cm³/mol. The summed E-state index contributed by atoms with van der Waals surface area (Å²) in [5, 5.41) is 0. The first kappa shape index (κ1) is 18.1. The quantitative estimate of drug-likeness (QED) is 0.595. The van der Waals surface area contributed by atoms with Gasteiger partial charge in [0.1, 0.15) is 4.32 Å². The average Bonchev–Trinajstić information content (AvgIpc) is 2.88. The first-order chi connectivity index (χ1) is 12.0. The minimum absolute atomic E-state index is 0.0918. The second kappa shape index (κ2) is 8.12. The van der Waals surface area contributed by atoms with Gasteiger partial charge in [-0.15, -0.1) is 0 Å². The second-order valence-corrected chi connectivity index (χ2v) is 7.85. The summed E-state index contributed by atoms with van der Waals surface area (Å²) in [4.78, 5) is 31.2. The van der Waals surface area contributed by atoms with Crippen molar-refractivity contribution in [2.45, 2.75) is 6.42 Å². The molecule has 0 spiro atoms. The molecule has 0 aliphatic carbocycles. The van der Waals surface area contributed by atoms with Gasteiger partial charge in [-0.1, -0.05) is 54.3 Å². The molecule has 0 radical (unpaired) electrons. The summed E-state index contributed by atoms with van der Waals surface area (Å²) in [7, 11) is 2.06. The van der Waals surface area contributed by atoms with E-state index in [1.807, 2.05) is 41.3 Å². The number of nitrogens with zero attached hydrogens (tertiary/aromatic N) is 3. The number of carbonyl (C=O) groups excluding carboxylic acids is 2. The molecule has 25 heavy (non-hydrogen) atoms. The Labute approximate surface area is 157 Å². The van der Waals surface area contributed by atoms with Gasteiger partial charge < -0.3 is 9.80 Å². The van der Waals surface area contributed by atoms with Gasteiger partial charge in [0.15, 0.2) is 0 Å². The van der Waals surface area contributed by atoms with Gasteiger partial charge in [-0.25, -0.2) is 0 Å². The molecule has 0 atom stereocenters. The van der Waals surface area contributed by atoms with Crippen LogP contribution in [0, 0.1) is 0 Å². The maximum absolute atomic E-state index is 12.6. The molecule has 2 heterocycles. The third-order valence-electron chi connectivity index (χ3n) is 4.38. The third kappa shape index (κ3) is 4.48. The maximum Gasteiger partial charge on any atom is 0.266 e. The topological polar surface area (TPSA) is 43.9 Å². The van der Waals surface area contributed by atoms with Gasteiger partial charge in [-0.2, -0.15) is 0 Å². The Kier molecular flexibility index (Phi) is 5.88. The van der Waals surface area contributed by atoms with Crippen LogP contribution < -0.4 is 0 Å². The molecule has 3 rings (SSSR count). The fourth-order valence-electron chi connectivity index (χ4n) is 2.81. The lowest BCUT2D eigenvalue weighted by Gasteiger charge is -2.32. The standard InChI is InChI=1S/C18H21N3O2S2/c1-19-9-11-20(12-10-19)16(22)7-8-21-17(23)15(25-18(21)24)13-14-5-3-2-4-6-14/h2-6,13H,7-12H2,1H3/b15-13-. The number of rotatable bonds is 4. The van der Waals surface area contributed by atoms with Crippen LogP contribution >= 0.6 is 24.0 Å². The van der Waals surface area contributed by atoms with Gasteiger partial charge in [-0.3, -0.25) is 14.5 Å². The van der Waals surface area contributed by atoms with Gasteiger partial charge in [0.05, 0.1) is 4.91 Å². The van der Waals surface area contributed by atoms with Gasteiger partial charge in [-0.05, 0) is 18.7 Å². The zero-order valence-electron chi connectivity index (χ0n) is 14.2. The Bertz CT molecular complexity index is 698. The number of piperazine rings is 1. The summed E-state index contributed by atoms with van der Waals surface area (Å²) in [6, 6.07) is 9.70. The van der Waals surface area contributed by atoms with E-state index in [0.29, 0.717) is 22.2 Å². The molecule has 1 aromatic carbocycles. The number of thioether (sulfide) groups is 1. The van der Waals surface area contributed by atoms with Crippen LogP contribution in [-0.4, -0.2) is 70.6 Å². The summed E-state index contributed by atoms with van der Waals surface area (Å²) in [6.45, 7) is 3.64. The fraction of sp³-hybridized carbons (Fsp3) is 0.389. The lowest BCUT2D eigenvalue weighted by molar-refractivity contribution is -0.133. The zero-order valence-corrected chi connectivity index (χ0v) is 15.8. The second-order valence-electron chi connectivity index (χ2n) is 6.18. The highest BCUT2D eigenvalue weighted by molar-refractivity contribution is 8.26. The van der Waals surface area contributed by atoms with E-state index in [0.717, 1.165) is 31.7 Å². The molecule has 5 nitrogen and oxygen atoms in total. The number of thiocarbonyl (C=S) groups is 1. The average molecular weight is 376 g/mol. The van der Waals surface area contributed by atoms with E-state index in [1.165, 1.54) is 11.8 Å². The van der Waals surface area contributed by atoms with Gasteiger partial charge in [0, 0.05) is 39.1 Å². The molecule has 2 aliphatic rings. The van der Waals surface area contributed by atoms with E-state index in [2.05, 4.69) is 11.9 Å². The SMILES string of the molecule is CN1CCN(C(=O)CCN2C(=O)/C(=C/c3ccccc3)SC2=S)CC1. The molecule has 2 fully saturated rings. The zero-order chi connectivity index (χ0) is 17.8. The van der Waals surface area contributed by atoms with Crippen LogP contribution in [0.25, 0.3) is 6.08 Å². The van der Waals surface area contributed by atoms with Crippen LogP contribution in [0.1, 0.15) is 12.0 Å². The molecular weight excluding hydrogens is 354 g/mol. The van der Waals surface area contributed by atoms with E-state index >= 15 is 0 Å². The number of likely N-dealkylation sites (N-methyl/N-ethyl adjacent to an activating group) is 1. The summed E-state index contributed by atoms with van der Waals surface area (Å²) in [6.07, 6.45) is 2.16. The monoisotopic (exact) mass is 375 g/mol. The first-order valence-corrected chi connectivity index (χ1v) is 9.54. The Morgan fingerprint density at radius 1 is 1.20 bits per heavy atom. The van der Waals surface area contributed by atoms with E-state index in [-0.39, 0.29) is 11.8 Å². The largest absolute Gasteiger partial charge is 0.340 e. The van der Waals surface area contributed by atoms with Crippen molar-refractivity contribution in [2.24, 2.45) is 0 Å². The fourth-order valence-corrected chi connectivity index (χ4v) is 4.12. The lowest BCUT2D eigenvalue weighted by atomic mass is 10.2. The number of carbonyl (C=O) groups is 2. The number of hydrogen-bond donors (Lipinski definition) is 0. The summed E-state index contributed by atoms with van der Waals surface area (Å²) in [5.74, 6) is -0.0146. The van der Waals surface area contributed by atoms with Crippen LogP contribution in [0.3, 0.4) is 0 Å². The summed E-state index contributed by atoms with van der Waals surface area (Å²) in [5.41, 5.74) is 0.969. The van der Waals surface area contributed by atoms with E-state index < -0.39 is 0 Å². The van der Waals surface area contributed by atoms with Crippen molar-refractivity contribution in [1.29, 1.82) is 0 Å². The van der Waals surface area contributed by atoms with Crippen molar-refractivity contribution in [2.75, 3.05) is 39.8 Å². The summed E-state index contributed by atoms with van der Waals surface area (Å²) >= 11 is 6.63. The number of hydrogen-bond acceptors (Lipinski definition) is 5. The van der Waals surface area contributed by atoms with Gasteiger partial charge in [0.2, 0.25) is 5.91 Å². The van der Waals surface area contributed by atoms with Crippen molar-refractivity contribution >= 4 is 46.2 Å². The molecule has 0 N–H and O–H groups in total. The van der Waals surface area contributed by atoms with Gasteiger partial charge >= 0.3 is 0 Å². The molecular formula is C18H21N3O2S2. The predicted octanol–water partition coefficient (Wildman–Crippen LogP) is 2.05. The smallest absolute Gasteiger partial charge is 0.266 e. The van der Waals surface area contributed by atoms with Crippen molar-refractivity contribution < 1.29 is 9.59 Å². The highest BCUT2D eigenvalue weighted by atomic mass is 32.2. The van der Waals surface area contributed by atoms with Crippen LogP contribution in [0.4, 0.5) is 0 Å². The molecule has 2 saturated heterocycles.